The molecule has 0 heteroatoms. The fourth-order valence-corrected chi connectivity index (χ4v) is 3.86. The van der Waals surface area contributed by atoms with Crippen LogP contribution in [0.3, 0.4) is 0 Å². The van der Waals surface area contributed by atoms with E-state index in [0.29, 0.717) is 0 Å². The average molecular weight is 357 g/mol. The molecule has 0 radical (unpaired) electrons. The molecule has 3 aromatic rings. The summed E-state index contributed by atoms with van der Waals surface area (Å²) in [5.41, 5.74) is 9.96. The van der Waals surface area contributed by atoms with Gasteiger partial charge < -0.3 is 0 Å². The average Bonchev–Trinajstić information content (AvgIpc) is 2.64. The summed E-state index contributed by atoms with van der Waals surface area (Å²) in [5, 5.41) is 0. The molecule has 0 aliphatic rings. The van der Waals surface area contributed by atoms with Gasteiger partial charge in [-0.25, -0.2) is 0 Å². The Bertz CT molecular complexity index is 873. The Hall–Kier alpha value is -2.34. The third kappa shape index (κ3) is 5.82. The Morgan fingerprint density at radius 1 is 0.593 bits per heavy atom. The molecule has 0 heterocycles. The molecule has 0 spiro atoms. The lowest BCUT2D eigenvalue weighted by Crippen LogP contribution is -1.99. The SMILES string of the molecule is CCCCCc1cc(Cc2cccc(C)c2)ccc1Cc1cccc(C)c1. The quantitative estimate of drug-likeness (QED) is 0.374. The van der Waals surface area contributed by atoms with Crippen molar-refractivity contribution in [3.05, 3.63) is 106 Å². The van der Waals surface area contributed by atoms with Gasteiger partial charge in [-0.2, -0.15) is 0 Å². The topological polar surface area (TPSA) is 0 Å². The van der Waals surface area contributed by atoms with E-state index in [9.17, 15) is 0 Å². The van der Waals surface area contributed by atoms with E-state index >= 15 is 0 Å². The van der Waals surface area contributed by atoms with Crippen molar-refractivity contribution >= 4 is 0 Å². The molecule has 0 aromatic heterocycles. The second kappa shape index (κ2) is 9.55. The number of aryl methyl sites for hydroxylation is 3. The van der Waals surface area contributed by atoms with Crippen LogP contribution in [0.15, 0.2) is 66.7 Å². The highest BCUT2D eigenvalue weighted by molar-refractivity contribution is 5.39. The van der Waals surface area contributed by atoms with Crippen LogP contribution in [0.1, 0.15) is 65.1 Å². The van der Waals surface area contributed by atoms with Crippen molar-refractivity contribution in [1.82, 2.24) is 0 Å². The highest BCUT2D eigenvalue weighted by Gasteiger charge is 2.07. The minimum absolute atomic E-state index is 1.02. The second-order valence-corrected chi connectivity index (χ2v) is 7.89. The maximum atomic E-state index is 2.46. The van der Waals surface area contributed by atoms with Gasteiger partial charge >= 0.3 is 0 Å². The maximum Gasteiger partial charge on any atom is -0.00229 e. The van der Waals surface area contributed by atoms with Crippen LogP contribution in [0.25, 0.3) is 0 Å². The third-order valence-electron chi connectivity index (χ3n) is 5.29. The van der Waals surface area contributed by atoms with Crippen molar-refractivity contribution in [2.24, 2.45) is 0 Å². The van der Waals surface area contributed by atoms with Crippen molar-refractivity contribution in [2.75, 3.05) is 0 Å². The van der Waals surface area contributed by atoms with Gasteiger partial charge in [-0.1, -0.05) is 97.6 Å². The molecule has 0 N–H and O–H groups in total. The zero-order valence-corrected chi connectivity index (χ0v) is 17.1. The van der Waals surface area contributed by atoms with Crippen LogP contribution in [-0.4, -0.2) is 0 Å². The molecule has 0 atom stereocenters. The molecule has 3 rings (SSSR count). The molecule has 0 saturated heterocycles. The van der Waals surface area contributed by atoms with E-state index in [2.05, 4.69) is 87.5 Å². The van der Waals surface area contributed by atoms with Crippen LogP contribution in [0, 0.1) is 13.8 Å². The Morgan fingerprint density at radius 3 is 1.85 bits per heavy atom. The largest absolute Gasteiger partial charge is 0.0654 e. The summed E-state index contributed by atoms with van der Waals surface area (Å²) in [6.45, 7) is 6.63. The predicted molar refractivity (Wildman–Crippen MR) is 118 cm³/mol. The first-order valence-corrected chi connectivity index (χ1v) is 10.4. The fourth-order valence-electron chi connectivity index (χ4n) is 3.86. The molecule has 140 valence electrons. The number of unbranched alkanes of at least 4 members (excludes halogenated alkanes) is 2. The Balaban J connectivity index is 1.83. The van der Waals surface area contributed by atoms with E-state index in [1.807, 2.05) is 0 Å². The number of hydrogen-bond acceptors (Lipinski definition) is 0. The minimum Gasteiger partial charge on any atom is -0.0654 e. The van der Waals surface area contributed by atoms with Crippen LogP contribution < -0.4 is 0 Å². The van der Waals surface area contributed by atoms with Crippen LogP contribution in [-0.2, 0) is 19.3 Å². The molecule has 0 bridgehead atoms. The predicted octanol–water partition coefficient (Wildman–Crippen LogP) is 7.22. The molecule has 27 heavy (non-hydrogen) atoms. The van der Waals surface area contributed by atoms with Crippen LogP contribution in [0.4, 0.5) is 0 Å². The van der Waals surface area contributed by atoms with Gasteiger partial charge in [-0.05, 0) is 67.3 Å². The van der Waals surface area contributed by atoms with Gasteiger partial charge in [-0.15, -0.1) is 0 Å². The summed E-state index contributed by atoms with van der Waals surface area (Å²) in [4.78, 5) is 0. The first kappa shape index (κ1) is 19.4. The first-order chi connectivity index (χ1) is 13.1. The first-order valence-electron chi connectivity index (χ1n) is 10.4. The normalized spacial score (nSPS) is 10.9. The lowest BCUT2D eigenvalue weighted by molar-refractivity contribution is 0.713. The molecule has 0 aliphatic heterocycles. The lowest BCUT2D eigenvalue weighted by atomic mass is 9.92. The molecule has 0 unspecified atom stereocenters. The van der Waals surface area contributed by atoms with E-state index in [1.54, 1.807) is 0 Å². The fraction of sp³-hybridized carbons (Fsp3) is 0.333. The standard InChI is InChI=1S/C27H32/c1-4-5-6-13-26-20-25(18-23-11-7-9-21(2)16-23)14-15-27(26)19-24-12-8-10-22(3)17-24/h7-12,14-17,20H,4-6,13,18-19H2,1-3H3. The van der Waals surface area contributed by atoms with Crippen LogP contribution in [0.5, 0.6) is 0 Å². The summed E-state index contributed by atoms with van der Waals surface area (Å²) in [7, 11) is 0. The summed E-state index contributed by atoms with van der Waals surface area (Å²) in [6.07, 6.45) is 7.12. The zero-order valence-electron chi connectivity index (χ0n) is 17.1. The highest BCUT2D eigenvalue weighted by Crippen LogP contribution is 2.21. The molecular weight excluding hydrogens is 324 g/mol. The summed E-state index contributed by atoms with van der Waals surface area (Å²) in [5.74, 6) is 0. The van der Waals surface area contributed by atoms with Crippen molar-refractivity contribution in [3.63, 3.8) is 0 Å². The van der Waals surface area contributed by atoms with Crippen molar-refractivity contribution < 1.29 is 0 Å². The minimum atomic E-state index is 1.02. The molecule has 0 fully saturated rings. The third-order valence-corrected chi connectivity index (χ3v) is 5.29. The monoisotopic (exact) mass is 356 g/mol. The van der Waals surface area contributed by atoms with E-state index < -0.39 is 0 Å². The molecule has 0 nitrogen and oxygen atoms in total. The Kier molecular flexibility index (Phi) is 6.87. The van der Waals surface area contributed by atoms with E-state index in [0.717, 1.165) is 12.8 Å². The number of benzene rings is 3. The van der Waals surface area contributed by atoms with Gasteiger partial charge in [0.15, 0.2) is 0 Å². The summed E-state index contributed by atoms with van der Waals surface area (Å²) < 4.78 is 0. The zero-order chi connectivity index (χ0) is 19.1. The van der Waals surface area contributed by atoms with Crippen molar-refractivity contribution in [3.8, 4) is 0 Å². The van der Waals surface area contributed by atoms with Gasteiger partial charge in [-0.3, -0.25) is 0 Å². The smallest absolute Gasteiger partial charge is 0.00229 e. The van der Waals surface area contributed by atoms with Gasteiger partial charge in [0, 0.05) is 0 Å². The van der Waals surface area contributed by atoms with E-state index in [-0.39, 0.29) is 0 Å². The van der Waals surface area contributed by atoms with Crippen LogP contribution in [0.2, 0.25) is 0 Å². The maximum absolute atomic E-state index is 2.46. The Labute approximate surface area is 165 Å². The summed E-state index contributed by atoms with van der Waals surface area (Å²) >= 11 is 0. The van der Waals surface area contributed by atoms with Gasteiger partial charge in [0.25, 0.3) is 0 Å². The van der Waals surface area contributed by atoms with Gasteiger partial charge in [0.2, 0.25) is 0 Å². The number of hydrogen-bond donors (Lipinski definition) is 0. The molecule has 0 aliphatic carbocycles. The Morgan fingerprint density at radius 2 is 1.22 bits per heavy atom. The van der Waals surface area contributed by atoms with Gasteiger partial charge in [0.05, 0.1) is 0 Å². The van der Waals surface area contributed by atoms with Crippen molar-refractivity contribution in [1.29, 1.82) is 0 Å². The second-order valence-electron chi connectivity index (χ2n) is 7.89. The van der Waals surface area contributed by atoms with Crippen LogP contribution >= 0.6 is 0 Å². The van der Waals surface area contributed by atoms with Gasteiger partial charge in [0.1, 0.15) is 0 Å². The lowest BCUT2D eigenvalue weighted by Gasteiger charge is -2.13. The van der Waals surface area contributed by atoms with E-state index in [4.69, 9.17) is 0 Å². The molecular formula is C27H32. The molecule has 0 amide bonds. The summed E-state index contributed by atoms with van der Waals surface area (Å²) in [6, 6.07) is 25.0. The molecule has 3 aromatic carbocycles. The molecule has 0 saturated carbocycles. The van der Waals surface area contributed by atoms with E-state index in [1.165, 1.54) is 64.6 Å². The highest BCUT2D eigenvalue weighted by atomic mass is 14.1. The van der Waals surface area contributed by atoms with Crippen molar-refractivity contribution in [2.45, 2.75) is 59.3 Å². The number of rotatable bonds is 8.